The molecular formula is C34H26BrN5O5S2. The predicted octanol–water partition coefficient (Wildman–Crippen LogP) is 8.01. The summed E-state index contributed by atoms with van der Waals surface area (Å²) < 4.78 is 0.972. The summed E-state index contributed by atoms with van der Waals surface area (Å²) in [6.45, 7) is 1.80. The summed E-state index contributed by atoms with van der Waals surface area (Å²) in [4.78, 5) is 54.9. The molecule has 10 nitrogen and oxygen atoms in total. The van der Waals surface area contributed by atoms with E-state index in [1.807, 2.05) is 29.6 Å². The molecule has 3 amide bonds. The fourth-order valence-electron chi connectivity index (χ4n) is 4.17. The first kappa shape index (κ1) is 33.3. The van der Waals surface area contributed by atoms with Gasteiger partial charge in [-0.1, -0.05) is 46.3 Å². The molecule has 0 aliphatic carbocycles. The number of benzene rings is 4. The quantitative estimate of drug-likeness (QED) is 0.0541. The summed E-state index contributed by atoms with van der Waals surface area (Å²) in [6.07, 6.45) is 1.44. The Morgan fingerprint density at radius 1 is 0.915 bits per heavy atom. The van der Waals surface area contributed by atoms with E-state index in [9.17, 15) is 24.5 Å². The molecular weight excluding hydrogens is 702 g/mol. The van der Waals surface area contributed by atoms with E-state index in [4.69, 9.17) is 0 Å². The zero-order valence-electron chi connectivity index (χ0n) is 24.7. The summed E-state index contributed by atoms with van der Waals surface area (Å²) >= 11 is 6.13. The van der Waals surface area contributed by atoms with Gasteiger partial charge in [-0.05, 0) is 79.2 Å². The molecule has 0 bridgehead atoms. The summed E-state index contributed by atoms with van der Waals surface area (Å²) in [5.41, 5.74) is 2.88. The van der Waals surface area contributed by atoms with Crippen LogP contribution < -0.4 is 16.0 Å². The van der Waals surface area contributed by atoms with E-state index in [0.29, 0.717) is 21.9 Å². The number of thioether (sulfide) groups is 1. The van der Waals surface area contributed by atoms with E-state index in [-0.39, 0.29) is 17.3 Å². The van der Waals surface area contributed by atoms with Gasteiger partial charge < -0.3 is 16.0 Å². The Hall–Kier alpha value is -5.11. The SMILES string of the molecule is CC(Sc1ccc(NC(=O)/C(=C/c2ccc([N+](=O)[O-])cc2)NC(=O)c2ccccc2)cc1)C(=O)Nc1nc(-c2ccc(Br)cc2)cs1. The van der Waals surface area contributed by atoms with Gasteiger partial charge in [-0.25, -0.2) is 4.98 Å². The number of non-ortho nitro benzene ring substituents is 1. The highest BCUT2D eigenvalue weighted by molar-refractivity contribution is 9.10. The van der Waals surface area contributed by atoms with Gasteiger partial charge in [0, 0.05) is 43.7 Å². The van der Waals surface area contributed by atoms with Crippen LogP contribution in [0.4, 0.5) is 16.5 Å². The van der Waals surface area contributed by atoms with E-state index < -0.39 is 22.0 Å². The Balaban J connectivity index is 1.22. The third kappa shape index (κ3) is 9.22. The first-order valence-electron chi connectivity index (χ1n) is 14.1. The minimum Gasteiger partial charge on any atom is -0.321 e. The van der Waals surface area contributed by atoms with Crippen molar-refractivity contribution in [3.05, 3.63) is 140 Å². The second kappa shape index (κ2) is 15.5. The Labute approximate surface area is 286 Å². The summed E-state index contributed by atoms with van der Waals surface area (Å²) in [6, 6.07) is 28.7. The Morgan fingerprint density at radius 2 is 1.60 bits per heavy atom. The molecule has 1 aromatic heterocycles. The Morgan fingerprint density at radius 3 is 2.26 bits per heavy atom. The van der Waals surface area contributed by atoms with Crippen LogP contribution in [0.25, 0.3) is 17.3 Å². The van der Waals surface area contributed by atoms with Gasteiger partial charge in [0.25, 0.3) is 17.5 Å². The topological polar surface area (TPSA) is 143 Å². The first-order valence-corrected chi connectivity index (χ1v) is 16.6. The molecule has 0 spiro atoms. The highest BCUT2D eigenvalue weighted by Gasteiger charge is 2.18. The van der Waals surface area contributed by atoms with Crippen LogP contribution in [0.15, 0.2) is 124 Å². The molecule has 236 valence electrons. The number of amides is 3. The molecule has 4 aromatic carbocycles. The van der Waals surface area contributed by atoms with E-state index in [1.54, 1.807) is 61.5 Å². The van der Waals surface area contributed by atoms with Crippen LogP contribution >= 0.6 is 39.0 Å². The van der Waals surface area contributed by atoms with Crippen LogP contribution in [0.2, 0.25) is 0 Å². The maximum atomic E-state index is 13.3. The van der Waals surface area contributed by atoms with Gasteiger partial charge >= 0.3 is 0 Å². The average Bonchev–Trinajstić information content (AvgIpc) is 3.54. The fraction of sp³-hybridized carbons (Fsp3) is 0.0588. The van der Waals surface area contributed by atoms with Crippen molar-refractivity contribution >= 4 is 79.3 Å². The van der Waals surface area contributed by atoms with Gasteiger partial charge in [0.15, 0.2) is 5.13 Å². The van der Waals surface area contributed by atoms with Crippen molar-refractivity contribution in [1.82, 2.24) is 10.3 Å². The van der Waals surface area contributed by atoms with E-state index in [1.165, 1.54) is 53.4 Å². The smallest absolute Gasteiger partial charge is 0.272 e. The van der Waals surface area contributed by atoms with Gasteiger partial charge in [0.1, 0.15) is 5.70 Å². The average molecular weight is 729 g/mol. The van der Waals surface area contributed by atoms with Crippen molar-refractivity contribution in [3.63, 3.8) is 0 Å². The number of nitro groups is 1. The van der Waals surface area contributed by atoms with Gasteiger partial charge in [0.2, 0.25) is 5.91 Å². The summed E-state index contributed by atoms with van der Waals surface area (Å²) in [5.74, 6) is -1.28. The van der Waals surface area contributed by atoms with Crippen LogP contribution in [0, 0.1) is 10.1 Å². The summed E-state index contributed by atoms with van der Waals surface area (Å²) in [7, 11) is 0. The molecule has 5 aromatic rings. The van der Waals surface area contributed by atoms with Crippen molar-refractivity contribution in [2.75, 3.05) is 10.6 Å². The lowest BCUT2D eigenvalue weighted by Crippen LogP contribution is -2.30. The van der Waals surface area contributed by atoms with Crippen LogP contribution in [-0.2, 0) is 9.59 Å². The maximum Gasteiger partial charge on any atom is 0.272 e. The molecule has 0 aliphatic heterocycles. The molecule has 0 saturated carbocycles. The third-order valence-corrected chi connectivity index (χ3v) is 9.01. The summed E-state index contributed by atoms with van der Waals surface area (Å²) in [5, 5.41) is 21.3. The minimum atomic E-state index is -0.591. The van der Waals surface area contributed by atoms with Crippen molar-refractivity contribution in [2.24, 2.45) is 0 Å². The van der Waals surface area contributed by atoms with E-state index >= 15 is 0 Å². The van der Waals surface area contributed by atoms with E-state index in [2.05, 4.69) is 36.9 Å². The Kier molecular flexibility index (Phi) is 10.9. The Bertz CT molecular complexity index is 1930. The van der Waals surface area contributed by atoms with Crippen LogP contribution in [0.5, 0.6) is 0 Å². The highest BCUT2D eigenvalue weighted by Crippen LogP contribution is 2.29. The van der Waals surface area contributed by atoms with Crippen LogP contribution in [0.1, 0.15) is 22.8 Å². The first-order chi connectivity index (χ1) is 22.6. The number of carbonyl (C=O) groups excluding carboxylic acids is 3. The number of nitro benzene ring substituents is 1. The van der Waals surface area contributed by atoms with Gasteiger partial charge in [0.05, 0.1) is 15.9 Å². The van der Waals surface area contributed by atoms with Crippen molar-refractivity contribution in [1.29, 1.82) is 0 Å². The lowest BCUT2D eigenvalue weighted by molar-refractivity contribution is -0.384. The number of thiazole rings is 1. The standard InChI is InChI=1S/C34H26BrN5O5S2/c1-21(31(41)39-34-38-30(20-46-34)23-9-11-25(35)12-10-23)47-28-17-13-26(14-18-28)36-33(43)29(37-32(42)24-5-3-2-4-6-24)19-22-7-15-27(16-8-22)40(44)45/h2-21H,1H3,(H,36,43)(H,37,42)(H,38,39,41)/b29-19-. The second-order valence-corrected chi connectivity index (χ2v) is 13.2. The molecule has 1 heterocycles. The molecule has 0 radical (unpaired) electrons. The zero-order valence-corrected chi connectivity index (χ0v) is 27.9. The number of halogens is 1. The zero-order chi connectivity index (χ0) is 33.3. The monoisotopic (exact) mass is 727 g/mol. The number of aromatic nitrogens is 1. The number of carbonyl (C=O) groups is 3. The molecule has 13 heteroatoms. The van der Waals surface area contributed by atoms with E-state index in [0.717, 1.165) is 20.6 Å². The molecule has 1 unspecified atom stereocenters. The van der Waals surface area contributed by atoms with Crippen molar-refractivity contribution < 1.29 is 19.3 Å². The highest BCUT2D eigenvalue weighted by atomic mass is 79.9. The molecule has 0 fully saturated rings. The minimum absolute atomic E-state index is 0.0538. The largest absolute Gasteiger partial charge is 0.321 e. The molecule has 0 saturated heterocycles. The van der Waals surface area contributed by atoms with Crippen LogP contribution in [-0.4, -0.2) is 32.9 Å². The normalized spacial score (nSPS) is 11.7. The van der Waals surface area contributed by atoms with Crippen molar-refractivity contribution in [3.8, 4) is 11.3 Å². The second-order valence-electron chi connectivity index (χ2n) is 10.00. The lowest BCUT2D eigenvalue weighted by Gasteiger charge is -2.13. The van der Waals surface area contributed by atoms with Gasteiger partial charge in [-0.3, -0.25) is 24.5 Å². The lowest BCUT2D eigenvalue weighted by atomic mass is 10.1. The van der Waals surface area contributed by atoms with Gasteiger partial charge in [-0.2, -0.15) is 0 Å². The number of anilines is 2. The maximum absolute atomic E-state index is 13.3. The number of rotatable bonds is 11. The molecule has 3 N–H and O–H groups in total. The number of nitrogens with one attached hydrogen (secondary N) is 3. The molecule has 0 aliphatic rings. The fourth-order valence-corrected chi connectivity index (χ4v) is 6.02. The number of hydrogen-bond acceptors (Lipinski definition) is 8. The van der Waals surface area contributed by atoms with Crippen molar-refractivity contribution in [2.45, 2.75) is 17.1 Å². The number of hydrogen-bond donors (Lipinski definition) is 3. The van der Waals surface area contributed by atoms with Crippen LogP contribution in [0.3, 0.4) is 0 Å². The van der Waals surface area contributed by atoms with Gasteiger partial charge in [-0.15, -0.1) is 23.1 Å². The molecule has 5 rings (SSSR count). The molecule has 1 atom stereocenters. The molecule has 47 heavy (non-hydrogen) atoms. The third-order valence-electron chi connectivity index (χ3n) is 6.61. The number of nitrogens with zero attached hydrogens (tertiary/aromatic N) is 2. The predicted molar refractivity (Wildman–Crippen MR) is 189 cm³/mol.